The van der Waals surface area contributed by atoms with Crippen molar-refractivity contribution < 1.29 is 0 Å². The van der Waals surface area contributed by atoms with Gasteiger partial charge in [-0.25, -0.2) is 9.97 Å². The van der Waals surface area contributed by atoms with E-state index in [1.54, 1.807) is 11.3 Å². The molecular formula is C12H13ClN2S. The highest BCUT2D eigenvalue weighted by Gasteiger charge is 2.22. The molecule has 0 N–H and O–H groups in total. The Morgan fingerprint density at radius 1 is 1.38 bits per heavy atom. The summed E-state index contributed by atoms with van der Waals surface area (Å²) in [5.41, 5.74) is 1.41. The lowest BCUT2D eigenvalue weighted by atomic mass is 9.89. The highest BCUT2D eigenvalue weighted by atomic mass is 35.5. The normalized spacial score (nSPS) is 20.1. The van der Waals surface area contributed by atoms with Gasteiger partial charge >= 0.3 is 0 Å². The van der Waals surface area contributed by atoms with Crippen molar-refractivity contribution in [2.75, 3.05) is 0 Å². The van der Waals surface area contributed by atoms with Crippen LogP contribution in [0, 0.1) is 12.8 Å². The van der Waals surface area contributed by atoms with Crippen molar-refractivity contribution in [3.63, 3.8) is 0 Å². The average Bonchev–Trinajstić information content (AvgIpc) is 2.54. The second-order valence-corrected chi connectivity index (χ2v) is 6.04. The summed E-state index contributed by atoms with van der Waals surface area (Å²) >= 11 is 8.03. The maximum absolute atomic E-state index is 6.23. The third-order valence-corrected chi connectivity index (χ3v) is 4.64. The highest BCUT2D eigenvalue weighted by Crippen LogP contribution is 2.39. The lowest BCUT2D eigenvalue weighted by Gasteiger charge is -2.17. The number of aromatic nitrogens is 2. The number of thiophene rings is 1. The maximum Gasteiger partial charge on any atom is 0.141 e. The van der Waals surface area contributed by atoms with Crippen molar-refractivity contribution in [1.82, 2.24) is 9.97 Å². The van der Waals surface area contributed by atoms with Crippen LogP contribution in [0.2, 0.25) is 5.15 Å². The van der Waals surface area contributed by atoms with Gasteiger partial charge in [-0.15, -0.1) is 11.3 Å². The Bertz CT molecular complexity index is 562. The van der Waals surface area contributed by atoms with E-state index in [0.717, 1.165) is 28.4 Å². The third kappa shape index (κ3) is 1.54. The molecule has 84 valence electrons. The molecule has 0 saturated heterocycles. The molecule has 2 nitrogen and oxygen atoms in total. The van der Waals surface area contributed by atoms with Gasteiger partial charge in [-0.1, -0.05) is 18.5 Å². The van der Waals surface area contributed by atoms with Crippen LogP contribution >= 0.6 is 22.9 Å². The molecule has 4 heteroatoms. The van der Waals surface area contributed by atoms with Gasteiger partial charge in [-0.05, 0) is 37.7 Å². The molecule has 1 aliphatic rings. The van der Waals surface area contributed by atoms with Crippen LogP contribution in [0.15, 0.2) is 0 Å². The maximum atomic E-state index is 6.23. The first kappa shape index (κ1) is 10.5. The van der Waals surface area contributed by atoms with Crippen LogP contribution in [0.3, 0.4) is 0 Å². The largest absolute Gasteiger partial charge is 0.222 e. The molecule has 1 aliphatic carbocycles. The van der Waals surface area contributed by atoms with E-state index in [1.165, 1.54) is 23.3 Å². The van der Waals surface area contributed by atoms with Crippen molar-refractivity contribution in [3.05, 3.63) is 21.4 Å². The van der Waals surface area contributed by atoms with Gasteiger partial charge in [-0.2, -0.15) is 0 Å². The quantitative estimate of drug-likeness (QED) is 0.667. The Hall–Kier alpha value is -0.670. The summed E-state index contributed by atoms with van der Waals surface area (Å²) in [4.78, 5) is 11.3. The van der Waals surface area contributed by atoms with Gasteiger partial charge in [0.2, 0.25) is 0 Å². The predicted octanol–water partition coefficient (Wildman–Crippen LogP) is 3.78. The minimum Gasteiger partial charge on any atom is -0.222 e. The second-order valence-electron chi connectivity index (χ2n) is 4.59. The van der Waals surface area contributed by atoms with E-state index < -0.39 is 0 Å². The summed E-state index contributed by atoms with van der Waals surface area (Å²) in [6.45, 7) is 4.21. The molecule has 0 spiro atoms. The van der Waals surface area contributed by atoms with Gasteiger partial charge < -0.3 is 0 Å². The van der Waals surface area contributed by atoms with Gasteiger partial charge in [0.1, 0.15) is 15.8 Å². The molecule has 2 aromatic rings. The third-order valence-electron chi connectivity index (χ3n) is 3.22. The number of hydrogen-bond acceptors (Lipinski definition) is 3. The SMILES string of the molecule is Cc1nc(Cl)c2c3c(sc2n1)C[C@@H](C)CC3. The van der Waals surface area contributed by atoms with Crippen LogP contribution in [-0.4, -0.2) is 9.97 Å². The van der Waals surface area contributed by atoms with Crippen LogP contribution in [0.4, 0.5) is 0 Å². The number of aryl methyl sites for hydroxylation is 2. The molecule has 3 rings (SSSR count). The minimum atomic E-state index is 0.634. The zero-order valence-electron chi connectivity index (χ0n) is 9.38. The molecule has 0 saturated carbocycles. The molecule has 0 fully saturated rings. The number of halogens is 1. The van der Waals surface area contributed by atoms with Crippen LogP contribution in [0.25, 0.3) is 10.2 Å². The predicted molar refractivity (Wildman–Crippen MR) is 68.4 cm³/mol. The Balaban J connectivity index is 2.29. The van der Waals surface area contributed by atoms with E-state index in [9.17, 15) is 0 Å². The van der Waals surface area contributed by atoms with Crippen molar-refractivity contribution >= 4 is 33.2 Å². The van der Waals surface area contributed by atoms with Crippen LogP contribution < -0.4 is 0 Å². The van der Waals surface area contributed by atoms with Crippen molar-refractivity contribution in [2.45, 2.75) is 33.1 Å². The standard InChI is InChI=1S/C12H13ClN2S/c1-6-3-4-8-9(5-6)16-12-10(8)11(13)14-7(2)15-12/h6H,3-5H2,1-2H3/t6-/m0/s1. The number of rotatable bonds is 0. The molecule has 0 bridgehead atoms. The fourth-order valence-corrected chi connectivity index (χ4v) is 4.21. The van der Waals surface area contributed by atoms with E-state index >= 15 is 0 Å². The molecule has 2 aromatic heterocycles. The van der Waals surface area contributed by atoms with Gasteiger partial charge in [-0.3, -0.25) is 0 Å². The van der Waals surface area contributed by atoms with Crippen LogP contribution in [0.1, 0.15) is 29.6 Å². The smallest absolute Gasteiger partial charge is 0.141 e. The zero-order valence-corrected chi connectivity index (χ0v) is 11.0. The average molecular weight is 253 g/mol. The number of nitrogens with zero attached hydrogens (tertiary/aromatic N) is 2. The summed E-state index contributed by atoms with van der Waals surface area (Å²) in [6.07, 6.45) is 3.55. The summed E-state index contributed by atoms with van der Waals surface area (Å²) in [5, 5.41) is 1.74. The van der Waals surface area contributed by atoms with Crippen LogP contribution in [0.5, 0.6) is 0 Å². The highest BCUT2D eigenvalue weighted by molar-refractivity contribution is 7.19. The molecule has 1 atom stereocenters. The molecular weight excluding hydrogens is 240 g/mol. The monoisotopic (exact) mass is 252 g/mol. The Kier molecular flexibility index (Phi) is 2.41. The first-order valence-corrected chi connectivity index (χ1v) is 6.79. The minimum absolute atomic E-state index is 0.634. The second kappa shape index (κ2) is 3.67. The van der Waals surface area contributed by atoms with Gasteiger partial charge in [0.15, 0.2) is 0 Å². The molecule has 16 heavy (non-hydrogen) atoms. The van der Waals surface area contributed by atoms with Gasteiger partial charge in [0.25, 0.3) is 0 Å². The van der Waals surface area contributed by atoms with Crippen molar-refractivity contribution in [1.29, 1.82) is 0 Å². The summed E-state index contributed by atoms with van der Waals surface area (Å²) in [7, 11) is 0. The molecule has 2 heterocycles. The van der Waals surface area contributed by atoms with Crippen molar-refractivity contribution in [2.24, 2.45) is 5.92 Å². The lowest BCUT2D eigenvalue weighted by Crippen LogP contribution is -2.08. The number of fused-ring (bicyclic) bond motifs is 3. The summed E-state index contributed by atoms with van der Waals surface area (Å²) in [6, 6.07) is 0. The van der Waals surface area contributed by atoms with E-state index in [4.69, 9.17) is 11.6 Å². The van der Waals surface area contributed by atoms with E-state index in [2.05, 4.69) is 16.9 Å². The zero-order chi connectivity index (χ0) is 11.3. The Morgan fingerprint density at radius 3 is 3.00 bits per heavy atom. The van der Waals surface area contributed by atoms with Gasteiger partial charge in [0, 0.05) is 4.88 Å². The summed E-state index contributed by atoms with van der Waals surface area (Å²) in [5.74, 6) is 1.55. The van der Waals surface area contributed by atoms with Gasteiger partial charge in [0.05, 0.1) is 5.39 Å². The molecule has 0 amide bonds. The first-order chi connectivity index (χ1) is 7.65. The topological polar surface area (TPSA) is 25.8 Å². The lowest BCUT2D eigenvalue weighted by molar-refractivity contribution is 0.509. The Labute approximate surface area is 104 Å². The Morgan fingerprint density at radius 2 is 2.19 bits per heavy atom. The van der Waals surface area contributed by atoms with Crippen LogP contribution in [-0.2, 0) is 12.8 Å². The van der Waals surface area contributed by atoms with E-state index in [1.807, 2.05) is 6.92 Å². The number of hydrogen-bond donors (Lipinski definition) is 0. The first-order valence-electron chi connectivity index (χ1n) is 5.59. The molecule has 0 radical (unpaired) electrons. The summed E-state index contributed by atoms with van der Waals surface area (Å²) < 4.78 is 0. The molecule has 0 unspecified atom stereocenters. The van der Waals surface area contributed by atoms with Crippen molar-refractivity contribution in [3.8, 4) is 0 Å². The fourth-order valence-electron chi connectivity index (χ4n) is 2.40. The van der Waals surface area contributed by atoms with E-state index in [0.29, 0.717) is 5.15 Å². The molecule has 0 aromatic carbocycles. The fraction of sp³-hybridized carbons (Fsp3) is 0.500. The van der Waals surface area contributed by atoms with E-state index in [-0.39, 0.29) is 0 Å². The molecule has 0 aliphatic heterocycles.